The van der Waals surface area contributed by atoms with E-state index in [1.165, 1.54) is 30.4 Å². The molecule has 1 atom stereocenters. The van der Waals surface area contributed by atoms with Gasteiger partial charge in [0.05, 0.1) is 6.61 Å². The van der Waals surface area contributed by atoms with E-state index in [1.54, 1.807) is 0 Å². The second-order valence-electron chi connectivity index (χ2n) is 5.67. The average Bonchev–Trinajstić information content (AvgIpc) is 2.57. The molecule has 0 bridgehead atoms. The Bertz CT molecular complexity index is 529. The standard InChI is InChI=1S/C19H23NO/c1-2-6-16(7-3-1)17-9-11-19(12-10-17)21-15-13-18-8-4-5-14-20-18/h1-3,6-7,9-12,18,20H,4-5,8,13-15H2. The molecule has 110 valence electrons. The third kappa shape index (κ3) is 4.08. The molecule has 3 rings (SSSR count). The van der Waals surface area contributed by atoms with E-state index in [2.05, 4.69) is 53.8 Å². The van der Waals surface area contributed by atoms with Gasteiger partial charge in [0, 0.05) is 6.04 Å². The van der Waals surface area contributed by atoms with Gasteiger partial charge in [-0.3, -0.25) is 0 Å². The molecule has 1 fully saturated rings. The molecule has 1 heterocycles. The Kier molecular flexibility index (Phi) is 4.90. The first-order valence-corrected chi connectivity index (χ1v) is 7.93. The molecule has 1 aliphatic heterocycles. The largest absolute Gasteiger partial charge is 0.494 e. The summed E-state index contributed by atoms with van der Waals surface area (Å²) in [5, 5.41) is 3.56. The third-order valence-corrected chi connectivity index (χ3v) is 4.11. The topological polar surface area (TPSA) is 21.3 Å². The number of benzene rings is 2. The smallest absolute Gasteiger partial charge is 0.119 e. The molecule has 0 spiro atoms. The quantitative estimate of drug-likeness (QED) is 0.884. The highest BCUT2D eigenvalue weighted by Crippen LogP contribution is 2.22. The summed E-state index contributed by atoms with van der Waals surface area (Å²) in [6.07, 6.45) is 5.05. The number of piperidine rings is 1. The molecule has 21 heavy (non-hydrogen) atoms. The van der Waals surface area contributed by atoms with Crippen molar-refractivity contribution < 1.29 is 4.74 Å². The molecular weight excluding hydrogens is 258 g/mol. The minimum absolute atomic E-state index is 0.641. The van der Waals surface area contributed by atoms with E-state index in [0.717, 1.165) is 25.3 Å². The summed E-state index contributed by atoms with van der Waals surface area (Å²) in [7, 11) is 0. The molecule has 0 aromatic heterocycles. The van der Waals surface area contributed by atoms with Gasteiger partial charge in [0.25, 0.3) is 0 Å². The Morgan fingerprint density at radius 3 is 2.38 bits per heavy atom. The number of ether oxygens (including phenoxy) is 1. The minimum atomic E-state index is 0.641. The Morgan fingerprint density at radius 1 is 0.905 bits per heavy atom. The normalized spacial score (nSPS) is 18.4. The molecule has 1 unspecified atom stereocenters. The zero-order valence-corrected chi connectivity index (χ0v) is 12.4. The molecule has 0 aliphatic carbocycles. The fraction of sp³-hybridized carbons (Fsp3) is 0.368. The summed E-state index contributed by atoms with van der Waals surface area (Å²) in [5.74, 6) is 0.963. The summed E-state index contributed by atoms with van der Waals surface area (Å²) in [5.41, 5.74) is 2.48. The van der Waals surface area contributed by atoms with Crippen molar-refractivity contribution in [2.45, 2.75) is 31.7 Å². The van der Waals surface area contributed by atoms with Gasteiger partial charge in [0.2, 0.25) is 0 Å². The van der Waals surface area contributed by atoms with Gasteiger partial charge in [0.15, 0.2) is 0 Å². The lowest BCUT2D eigenvalue weighted by Gasteiger charge is -2.23. The van der Waals surface area contributed by atoms with E-state index in [-0.39, 0.29) is 0 Å². The summed E-state index contributed by atoms with van der Waals surface area (Å²) in [6, 6.07) is 19.5. The molecule has 2 heteroatoms. The molecule has 0 radical (unpaired) electrons. The minimum Gasteiger partial charge on any atom is -0.494 e. The van der Waals surface area contributed by atoms with Crippen LogP contribution in [0.5, 0.6) is 5.75 Å². The first-order chi connectivity index (χ1) is 10.4. The fourth-order valence-corrected chi connectivity index (χ4v) is 2.86. The van der Waals surface area contributed by atoms with Crippen LogP contribution in [0.3, 0.4) is 0 Å². The molecule has 0 amide bonds. The van der Waals surface area contributed by atoms with Crippen LogP contribution >= 0.6 is 0 Å². The van der Waals surface area contributed by atoms with Crippen molar-refractivity contribution in [3.63, 3.8) is 0 Å². The lowest BCUT2D eigenvalue weighted by atomic mass is 10.0. The molecule has 0 saturated carbocycles. The van der Waals surface area contributed by atoms with Crippen molar-refractivity contribution in [1.29, 1.82) is 0 Å². The number of nitrogens with one attached hydrogen (secondary N) is 1. The van der Waals surface area contributed by atoms with Gasteiger partial charge >= 0.3 is 0 Å². The maximum absolute atomic E-state index is 5.86. The first-order valence-electron chi connectivity index (χ1n) is 7.93. The van der Waals surface area contributed by atoms with E-state index in [9.17, 15) is 0 Å². The SMILES string of the molecule is c1ccc(-c2ccc(OCCC3CCCCN3)cc2)cc1. The van der Waals surface area contributed by atoms with Crippen LogP contribution < -0.4 is 10.1 Å². The van der Waals surface area contributed by atoms with Gasteiger partial charge in [-0.05, 0) is 49.1 Å². The number of rotatable bonds is 5. The van der Waals surface area contributed by atoms with Gasteiger partial charge < -0.3 is 10.1 Å². The van der Waals surface area contributed by atoms with Crippen LogP contribution in [0.15, 0.2) is 54.6 Å². The van der Waals surface area contributed by atoms with Gasteiger partial charge in [0.1, 0.15) is 5.75 Å². The molecule has 1 N–H and O–H groups in total. The second-order valence-corrected chi connectivity index (χ2v) is 5.67. The average molecular weight is 281 g/mol. The highest BCUT2D eigenvalue weighted by molar-refractivity contribution is 5.63. The molecule has 1 saturated heterocycles. The predicted octanol–water partition coefficient (Wildman–Crippen LogP) is 4.26. The Labute approximate surface area is 127 Å². The number of hydrogen-bond donors (Lipinski definition) is 1. The maximum atomic E-state index is 5.86. The lowest BCUT2D eigenvalue weighted by molar-refractivity contribution is 0.268. The van der Waals surface area contributed by atoms with E-state index in [4.69, 9.17) is 4.74 Å². The van der Waals surface area contributed by atoms with Crippen LogP contribution in [0.2, 0.25) is 0 Å². The maximum Gasteiger partial charge on any atom is 0.119 e. The van der Waals surface area contributed by atoms with E-state index < -0.39 is 0 Å². The van der Waals surface area contributed by atoms with Crippen LogP contribution in [-0.2, 0) is 0 Å². The molecular formula is C19H23NO. The van der Waals surface area contributed by atoms with Gasteiger partial charge in [-0.2, -0.15) is 0 Å². The fourth-order valence-electron chi connectivity index (χ4n) is 2.86. The van der Waals surface area contributed by atoms with E-state index in [1.807, 2.05) is 6.07 Å². The van der Waals surface area contributed by atoms with Crippen LogP contribution in [0, 0.1) is 0 Å². The van der Waals surface area contributed by atoms with Crippen molar-refractivity contribution in [2.24, 2.45) is 0 Å². The van der Waals surface area contributed by atoms with E-state index in [0.29, 0.717) is 6.04 Å². The first kappa shape index (κ1) is 14.2. The Balaban J connectivity index is 1.50. The summed E-state index contributed by atoms with van der Waals surface area (Å²) < 4.78 is 5.86. The molecule has 2 aromatic carbocycles. The van der Waals surface area contributed by atoms with Gasteiger partial charge in [-0.15, -0.1) is 0 Å². The van der Waals surface area contributed by atoms with Crippen molar-refractivity contribution in [3.05, 3.63) is 54.6 Å². The second kappa shape index (κ2) is 7.28. The van der Waals surface area contributed by atoms with Crippen LogP contribution in [0.1, 0.15) is 25.7 Å². The third-order valence-electron chi connectivity index (χ3n) is 4.11. The van der Waals surface area contributed by atoms with Crippen molar-refractivity contribution in [2.75, 3.05) is 13.2 Å². The van der Waals surface area contributed by atoms with Gasteiger partial charge in [-0.1, -0.05) is 48.9 Å². The highest BCUT2D eigenvalue weighted by Gasteiger charge is 2.11. The highest BCUT2D eigenvalue weighted by atomic mass is 16.5. The lowest BCUT2D eigenvalue weighted by Crippen LogP contribution is -2.35. The molecule has 2 aromatic rings. The summed E-state index contributed by atoms with van der Waals surface area (Å²) in [6.45, 7) is 1.96. The molecule has 1 aliphatic rings. The van der Waals surface area contributed by atoms with Crippen molar-refractivity contribution >= 4 is 0 Å². The summed E-state index contributed by atoms with van der Waals surface area (Å²) in [4.78, 5) is 0. The Hall–Kier alpha value is -1.80. The van der Waals surface area contributed by atoms with Crippen LogP contribution in [0.25, 0.3) is 11.1 Å². The predicted molar refractivity (Wildman–Crippen MR) is 87.6 cm³/mol. The van der Waals surface area contributed by atoms with Crippen LogP contribution in [-0.4, -0.2) is 19.2 Å². The zero-order chi connectivity index (χ0) is 14.3. The van der Waals surface area contributed by atoms with Crippen LogP contribution in [0.4, 0.5) is 0 Å². The Morgan fingerprint density at radius 2 is 1.67 bits per heavy atom. The van der Waals surface area contributed by atoms with Gasteiger partial charge in [-0.25, -0.2) is 0 Å². The molecule has 2 nitrogen and oxygen atoms in total. The monoisotopic (exact) mass is 281 g/mol. The number of hydrogen-bond acceptors (Lipinski definition) is 2. The van der Waals surface area contributed by atoms with Crippen molar-refractivity contribution in [1.82, 2.24) is 5.32 Å². The summed E-state index contributed by atoms with van der Waals surface area (Å²) >= 11 is 0. The van der Waals surface area contributed by atoms with Crippen molar-refractivity contribution in [3.8, 4) is 16.9 Å². The van der Waals surface area contributed by atoms with E-state index >= 15 is 0 Å². The zero-order valence-electron chi connectivity index (χ0n) is 12.4.